The molecule has 0 aliphatic carbocycles. The summed E-state index contributed by atoms with van der Waals surface area (Å²) < 4.78 is 10.1. The van der Waals surface area contributed by atoms with Crippen molar-refractivity contribution in [1.29, 1.82) is 0 Å². The van der Waals surface area contributed by atoms with Crippen molar-refractivity contribution < 1.29 is 29.3 Å². The van der Waals surface area contributed by atoms with E-state index >= 15 is 0 Å². The van der Waals surface area contributed by atoms with E-state index in [1.165, 1.54) is 19.2 Å². The van der Waals surface area contributed by atoms with Crippen LogP contribution in [0.5, 0.6) is 5.75 Å². The molecule has 1 aromatic carbocycles. The smallest absolute Gasteiger partial charge is 0.408 e. The van der Waals surface area contributed by atoms with Crippen LogP contribution in [0.25, 0.3) is 0 Å². The van der Waals surface area contributed by atoms with Gasteiger partial charge in [-0.15, -0.1) is 0 Å². The van der Waals surface area contributed by atoms with Crippen LogP contribution in [0, 0.1) is 0 Å². The summed E-state index contributed by atoms with van der Waals surface area (Å²) >= 11 is 0. The molecule has 1 aromatic rings. The maximum atomic E-state index is 11.8. The largest absolute Gasteiger partial charge is 0.547 e. The third-order valence-corrected chi connectivity index (χ3v) is 2.70. The molecule has 0 saturated carbocycles. The lowest BCUT2D eigenvalue weighted by molar-refractivity contribution is -0.316. The SMILES string of the molecule is COc1ccc([C@H](NC(=O)OC(C)(C)C)[C@@H](O)C(=O)[O-])cc1. The molecule has 0 saturated heterocycles. The normalized spacial score (nSPS) is 13.9. The molecular weight excluding hydrogens is 290 g/mol. The second-order valence-electron chi connectivity index (χ2n) is 5.66. The first-order chi connectivity index (χ1) is 10.1. The fourth-order valence-corrected chi connectivity index (χ4v) is 1.73. The Morgan fingerprint density at radius 2 is 1.77 bits per heavy atom. The quantitative estimate of drug-likeness (QED) is 0.813. The Morgan fingerprint density at radius 1 is 1.23 bits per heavy atom. The standard InChI is InChI=1S/C15H21NO6/c1-15(2,3)22-14(20)16-11(12(17)13(18)19)9-5-7-10(21-4)8-6-9/h5-8,11-12,17H,1-4H3,(H,16,20)(H,18,19)/p-1/t11-,12+/m0/s1. The molecule has 0 spiro atoms. The van der Waals surface area contributed by atoms with Gasteiger partial charge in [0.2, 0.25) is 0 Å². The summed E-state index contributed by atoms with van der Waals surface area (Å²) in [6, 6.07) is 5.04. The molecule has 0 aliphatic rings. The number of methoxy groups -OCH3 is 1. The van der Waals surface area contributed by atoms with Crippen molar-refractivity contribution >= 4 is 12.1 Å². The van der Waals surface area contributed by atoms with Gasteiger partial charge in [0.1, 0.15) is 17.5 Å². The number of nitrogens with one attached hydrogen (secondary N) is 1. The molecule has 0 heterocycles. The van der Waals surface area contributed by atoms with E-state index in [2.05, 4.69) is 5.32 Å². The molecule has 0 aliphatic heterocycles. The molecule has 0 fully saturated rings. The molecule has 22 heavy (non-hydrogen) atoms. The number of carbonyl (C=O) groups is 2. The Bertz CT molecular complexity index is 520. The van der Waals surface area contributed by atoms with E-state index in [4.69, 9.17) is 9.47 Å². The Balaban J connectivity index is 2.97. The zero-order valence-corrected chi connectivity index (χ0v) is 13.0. The zero-order chi connectivity index (χ0) is 16.9. The predicted octanol–water partition coefficient (Wildman–Crippen LogP) is 0.372. The summed E-state index contributed by atoms with van der Waals surface area (Å²) in [6.07, 6.45) is -2.76. The molecule has 2 atom stereocenters. The van der Waals surface area contributed by atoms with Gasteiger partial charge >= 0.3 is 6.09 Å². The average Bonchev–Trinajstić information content (AvgIpc) is 2.42. The third-order valence-electron chi connectivity index (χ3n) is 2.70. The van der Waals surface area contributed by atoms with E-state index < -0.39 is 29.8 Å². The highest BCUT2D eigenvalue weighted by Crippen LogP contribution is 2.21. The summed E-state index contributed by atoms with van der Waals surface area (Å²) in [5.41, 5.74) is -0.371. The maximum Gasteiger partial charge on any atom is 0.408 e. The van der Waals surface area contributed by atoms with Gasteiger partial charge in [-0.2, -0.15) is 0 Å². The lowest BCUT2D eigenvalue weighted by Gasteiger charge is -2.27. The van der Waals surface area contributed by atoms with Crippen molar-refractivity contribution in [2.45, 2.75) is 38.5 Å². The minimum Gasteiger partial charge on any atom is -0.547 e. The summed E-state index contributed by atoms with van der Waals surface area (Å²) in [7, 11) is 1.49. The molecule has 0 radical (unpaired) electrons. The third kappa shape index (κ3) is 5.25. The number of ether oxygens (including phenoxy) is 2. The Hall–Kier alpha value is -2.28. The van der Waals surface area contributed by atoms with Gasteiger partial charge in [-0.25, -0.2) is 4.79 Å². The Labute approximate surface area is 128 Å². The topological polar surface area (TPSA) is 108 Å². The van der Waals surface area contributed by atoms with Crippen molar-refractivity contribution in [1.82, 2.24) is 5.32 Å². The molecule has 2 N–H and O–H groups in total. The number of benzene rings is 1. The van der Waals surface area contributed by atoms with Crippen LogP contribution in [0.3, 0.4) is 0 Å². The van der Waals surface area contributed by atoms with Crippen LogP contribution in [-0.4, -0.2) is 36.0 Å². The number of carbonyl (C=O) groups excluding carboxylic acids is 2. The molecule has 122 valence electrons. The zero-order valence-electron chi connectivity index (χ0n) is 13.0. The van der Waals surface area contributed by atoms with Gasteiger partial charge < -0.3 is 29.8 Å². The van der Waals surface area contributed by atoms with E-state index in [0.717, 1.165) is 0 Å². The fraction of sp³-hybridized carbons (Fsp3) is 0.467. The van der Waals surface area contributed by atoms with Crippen molar-refractivity contribution in [3.05, 3.63) is 29.8 Å². The number of carboxylic acid groups (broad SMARTS) is 1. The summed E-state index contributed by atoms with van der Waals surface area (Å²) in [5, 5.41) is 23.0. The maximum absolute atomic E-state index is 11.8. The van der Waals surface area contributed by atoms with Gasteiger partial charge in [0.25, 0.3) is 0 Å². The van der Waals surface area contributed by atoms with E-state index in [0.29, 0.717) is 11.3 Å². The highest BCUT2D eigenvalue weighted by atomic mass is 16.6. The second kappa shape index (κ2) is 7.13. The number of alkyl carbamates (subject to hydrolysis) is 1. The number of rotatable bonds is 5. The van der Waals surface area contributed by atoms with Crippen LogP contribution in [0.15, 0.2) is 24.3 Å². The minimum absolute atomic E-state index is 0.378. The van der Waals surface area contributed by atoms with Crippen molar-refractivity contribution in [3.8, 4) is 5.75 Å². The first-order valence-electron chi connectivity index (χ1n) is 6.66. The van der Waals surface area contributed by atoms with E-state index in [9.17, 15) is 19.8 Å². The number of aliphatic hydroxyl groups excluding tert-OH is 1. The molecule has 0 bridgehead atoms. The van der Waals surface area contributed by atoms with Gasteiger partial charge in [-0.3, -0.25) is 0 Å². The van der Waals surface area contributed by atoms with Gasteiger partial charge in [0.05, 0.1) is 19.1 Å². The molecule has 1 rings (SSSR count). The number of hydrogen-bond donors (Lipinski definition) is 2. The number of carboxylic acids is 1. The van der Waals surface area contributed by atoms with Crippen molar-refractivity contribution in [3.63, 3.8) is 0 Å². The van der Waals surface area contributed by atoms with Gasteiger partial charge in [0, 0.05) is 0 Å². The monoisotopic (exact) mass is 310 g/mol. The lowest BCUT2D eigenvalue weighted by Crippen LogP contribution is -2.47. The molecular formula is C15H20NO6-. The second-order valence-corrected chi connectivity index (χ2v) is 5.66. The average molecular weight is 310 g/mol. The molecule has 0 aromatic heterocycles. The van der Waals surface area contributed by atoms with Crippen molar-refractivity contribution in [2.75, 3.05) is 7.11 Å². The van der Waals surface area contributed by atoms with Crippen LogP contribution in [-0.2, 0) is 9.53 Å². The van der Waals surface area contributed by atoms with Gasteiger partial charge in [-0.05, 0) is 38.5 Å². The first-order valence-corrected chi connectivity index (χ1v) is 6.66. The van der Waals surface area contributed by atoms with E-state index in [1.807, 2.05) is 0 Å². The lowest BCUT2D eigenvalue weighted by atomic mass is 10.0. The van der Waals surface area contributed by atoms with E-state index in [1.54, 1.807) is 32.9 Å². The Morgan fingerprint density at radius 3 is 2.18 bits per heavy atom. The molecule has 7 nitrogen and oxygen atoms in total. The Kier molecular flexibility index (Phi) is 5.76. The van der Waals surface area contributed by atoms with Crippen LogP contribution in [0.4, 0.5) is 4.79 Å². The minimum atomic E-state index is -1.92. The number of aliphatic carboxylic acids is 1. The molecule has 1 amide bonds. The molecule has 0 unspecified atom stereocenters. The van der Waals surface area contributed by atoms with Gasteiger partial charge in [-0.1, -0.05) is 12.1 Å². The van der Waals surface area contributed by atoms with Crippen molar-refractivity contribution in [2.24, 2.45) is 0 Å². The fourth-order valence-electron chi connectivity index (χ4n) is 1.73. The van der Waals surface area contributed by atoms with Crippen LogP contribution in [0.2, 0.25) is 0 Å². The molecule has 7 heteroatoms. The van der Waals surface area contributed by atoms with E-state index in [-0.39, 0.29) is 0 Å². The van der Waals surface area contributed by atoms with Crippen LogP contribution < -0.4 is 15.2 Å². The van der Waals surface area contributed by atoms with Gasteiger partial charge in [0.15, 0.2) is 0 Å². The first kappa shape index (κ1) is 17.8. The highest BCUT2D eigenvalue weighted by Gasteiger charge is 2.26. The van der Waals surface area contributed by atoms with Crippen LogP contribution in [0.1, 0.15) is 32.4 Å². The summed E-state index contributed by atoms with van der Waals surface area (Å²) in [4.78, 5) is 22.7. The number of hydrogen-bond acceptors (Lipinski definition) is 6. The highest BCUT2D eigenvalue weighted by molar-refractivity contribution is 5.74. The number of amides is 1. The van der Waals surface area contributed by atoms with Crippen LogP contribution >= 0.6 is 0 Å². The number of aliphatic hydroxyl groups is 1. The summed E-state index contributed by atoms with van der Waals surface area (Å²) in [5.74, 6) is -1.14. The predicted molar refractivity (Wildman–Crippen MR) is 76.1 cm³/mol. The summed E-state index contributed by atoms with van der Waals surface area (Å²) in [6.45, 7) is 5.01.